The van der Waals surface area contributed by atoms with Crippen LogP contribution in [0.3, 0.4) is 0 Å². The van der Waals surface area contributed by atoms with Crippen molar-refractivity contribution in [3.63, 3.8) is 0 Å². The third-order valence-electron chi connectivity index (χ3n) is 9.66. The number of hydrogen-bond donors (Lipinski definition) is 3. The molecular formula is C38H50O11SSi. The molecule has 0 radical (unpaired) electrons. The van der Waals surface area contributed by atoms with Crippen LogP contribution in [0.4, 0.5) is 0 Å². The van der Waals surface area contributed by atoms with Crippen molar-refractivity contribution in [3.05, 3.63) is 60.2 Å². The summed E-state index contributed by atoms with van der Waals surface area (Å²) in [6.45, 7) is 14.3. The average Bonchev–Trinajstić information content (AvgIpc) is 3.39. The van der Waals surface area contributed by atoms with Gasteiger partial charge in [-0.05, 0) is 36.3 Å². The van der Waals surface area contributed by atoms with Gasteiger partial charge in [-0.15, -0.1) is 18.3 Å². The first-order valence-corrected chi connectivity index (χ1v) is 21.1. The van der Waals surface area contributed by atoms with E-state index in [1.54, 1.807) is 43.5 Å². The Morgan fingerprint density at radius 3 is 2.53 bits per heavy atom. The van der Waals surface area contributed by atoms with Crippen LogP contribution in [-0.2, 0) is 32.9 Å². The van der Waals surface area contributed by atoms with Crippen molar-refractivity contribution in [2.24, 2.45) is 5.92 Å². The Kier molecular flexibility index (Phi) is 14.2. The molecule has 1 aromatic carbocycles. The van der Waals surface area contributed by atoms with E-state index in [2.05, 4.69) is 64.1 Å². The highest BCUT2D eigenvalue weighted by Crippen LogP contribution is 2.46. The minimum absolute atomic E-state index is 0.0282. The zero-order valence-electron chi connectivity index (χ0n) is 30.1. The van der Waals surface area contributed by atoms with Gasteiger partial charge < -0.3 is 43.4 Å². The molecule has 0 saturated carbocycles. The molecule has 3 N–H and O–H groups in total. The molecule has 1 heterocycles. The summed E-state index contributed by atoms with van der Waals surface area (Å²) in [5.41, 5.74) is -0.212. The van der Waals surface area contributed by atoms with Gasteiger partial charge in [-0.2, -0.15) is 0 Å². The third kappa shape index (κ3) is 9.93. The molecule has 1 saturated heterocycles. The maximum absolute atomic E-state index is 13.2. The van der Waals surface area contributed by atoms with Crippen LogP contribution < -0.4 is 0 Å². The van der Waals surface area contributed by atoms with E-state index in [1.807, 2.05) is 6.07 Å². The number of carbonyl (C=O) groups excluding carboxylic acids is 2. The van der Waals surface area contributed by atoms with Crippen LogP contribution in [0.5, 0.6) is 0 Å². The van der Waals surface area contributed by atoms with Crippen LogP contribution in [0, 0.1) is 29.6 Å². The molecule has 0 bridgehead atoms. The highest BCUT2D eigenvalue weighted by atomic mass is 32.2. The predicted octanol–water partition coefficient (Wildman–Crippen LogP) is 3.63. The Balaban J connectivity index is 1.50. The second kappa shape index (κ2) is 17.7. The van der Waals surface area contributed by atoms with Gasteiger partial charge in [0.15, 0.2) is 20.7 Å². The summed E-state index contributed by atoms with van der Waals surface area (Å²) in [5.74, 6) is 11.5. The van der Waals surface area contributed by atoms with E-state index in [0.29, 0.717) is 16.9 Å². The van der Waals surface area contributed by atoms with Crippen LogP contribution in [0.15, 0.2) is 54.6 Å². The number of aliphatic hydroxyl groups is 3. The lowest BCUT2D eigenvalue weighted by Gasteiger charge is -2.44. The van der Waals surface area contributed by atoms with Crippen molar-refractivity contribution in [1.29, 1.82) is 0 Å². The number of carbonyl (C=O) groups is 2. The van der Waals surface area contributed by atoms with Crippen LogP contribution in [0.1, 0.15) is 44.0 Å². The van der Waals surface area contributed by atoms with E-state index in [4.69, 9.17) is 28.1 Å². The molecule has 0 aromatic heterocycles. The van der Waals surface area contributed by atoms with Gasteiger partial charge in [0, 0.05) is 31.3 Å². The molecule has 0 amide bonds. The number of aliphatic hydroxyl groups excluding tert-OH is 3. The van der Waals surface area contributed by atoms with Crippen LogP contribution in [0.2, 0.25) is 18.1 Å². The van der Waals surface area contributed by atoms with Crippen LogP contribution >= 0.6 is 11.8 Å². The standard InChI is InChI=1S/C38H50O11SSi/c1-8-25-16-17-27-21-30(46-32(41)24-50-20-19-45-33-22-28(40)34(42)31(23-39)47-33)35(49-51(6,7)37(2,3)4)38(27,44-5)18-12-15-29(25)48-36(43)26-13-10-9-11-14-26/h8-11,13-14,21,25,28-31,33-35,39-40,42H,1,18-20,22-24H2,2-7H3/t25-,28-,29+,30-,31-,33-,34-,35+,38+/m1/s1. The van der Waals surface area contributed by atoms with Gasteiger partial charge in [0.1, 0.15) is 30.0 Å². The minimum Gasteiger partial charge on any atom is -0.455 e. The number of thioether (sulfide) groups is 1. The number of fused-ring (bicyclic) bond motifs is 1. The van der Waals surface area contributed by atoms with Gasteiger partial charge >= 0.3 is 11.9 Å². The lowest BCUT2D eigenvalue weighted by atomic mass is 9.89. The van der Waals surface area contributed by atoms with E-state index in [0.717, 1.165) is 0 Å². The molecule has 1 aliphatic heterocycles. The Bertz CT molecular complexity index is 1540. The van der Waals surface area contributed by atoms with Crippen molar-refractivity contribution in [1.82, 2.24) is 0 Å². The van der Waals surface area contributed by atoms with E-state index in [-0.39, 0.29) is 30.2 Å². The van der Waals surface area contributed by atoms with Crippen molar-refractivity contribution in [2.45, 2.75) is 100 Å². The molecule has 13 heteroatoms. The summed E-state index contributed by atoms with van der Waals surface area (Å²) < 4.78 is 36.2. The van der Waals surface area contributed by atoms with Gasteiger partial charge in [0.25, 0.3) is 0 Å². The van der Waals surface area contributed by atoms with Crippen molar-refractivity contribution in [2.75, 3.05) is 31.8 Å². The first-order valence-electron chi connectivity index (χ1n) is 17.0. The van der Waals surface area contributed by atoms with E-state index < -0.39 is 81.3 Å². The summed E-state index contributed by atoms with van der Waals surface area (Å²) >= 11 is 1.30. The van der Waals surface area contributed by atoms with E-state index in [1.165, 1.54) is 11.8 Å². The Morgan fingerprint density at radius 1 is 1.16 bits per heavy atom. The fraction of sp³-hybridized carbons (Fsp3) is 0.579. The second-order valence-corrected chi connectivity index (χ2v) is 20.0. The van der Waals surface area contributed by atoms with E-state index in [9.17, 15) is 24.9 Å². The second-order valence-electron chi connectivity index (χ2n) is 14.2. The van der Waals surface area contributed by atoms with Gasteiger partial charge in [-0.25, -0.2) is 4.79 Å². The topological polar surface area (TPSA) is 150 Å². The van der Waals surface area contributed by atoms with Crippen LogP contribution in [0.25, 0.3) is 0 Å². The fourth-order valence-electron chi connectivity index (χ4n) is 5.61. The predicted molar refractivity (Wildman–Crippen MR) is 195 cm³/mol. The zero-order valence-corrected chi connectivity index (χ0v) is 31.9. The largest absolute Gasteiger partial charge is 0.455 e. The summed E-state index contributed by atoms with van der Waals surface area (Å²) in [6.07, 6.45) is -2.84. The molecule has 1 aromatic rings. The Hall–Kier alpha value is -2.95. The molecule has 1 fully saturated rings. The lowest BCUT2D eigenvalue weighted by Crippen LogP contribution is -2.56. The summed E-state index contributed by atoms with van der Waals surface area (Å²) in [4.78, 5) is 26.2. The van der Waals surface area contributed by atoms with Crippen LogP contribution in [-0.4, -0.2) is 116 Å². The molecule has 278 valence electrons. The maximum atomic E-state index is 13.2. The molecule has 2 aliphatic carbocycles. The molecule has 0 unspecified atom stereocenters. The van der Waals surface area contributed by atoms with Gasteiger partial charge in [0.05, 0.1) is 36.6 Å². The van der Waals surface area contributed by atoms with Crippen molar-refractivity contribution >= 4 is 32.0 Å². The fourth-order valence-corrected chi connectivity index (χ4v) is 7.52. The summed E-state index contributed by atoms with van der Waals surface area (Å²) in [6, 6.07) is 8.67. The number of hydrogen-bond acceptors (Lipinski definition) is 12. The molecule has 51 heavy (non-hydrogen) atoms. The quantitative estimate of drug-likeness (QED) is 0.0840. The third-order valence-corrected chi connectivity index (χ3v) is 15.0. The Morgan fingerprint density at radius 2 is 1.88 bits per heavy atom. The first kappa shape index (κ1) is 40.8. The summed E-state index contributed by atoms with van der Waals surface area (Å²) in [7, 11) is -0.913. The zero-order chi connectivity index (χ0) is 37.4. The number of benzene rings is 1. The Labute approximate surface area is 306 Å². The number of ether oxygens (including phenoxy) is 5. The number of esters is 2. The van der Waals surface area contributed by atoms with Gasteiger partial charge in [-0.1, -0.05) is 68.7 Å². The number of rotatable bonds is 14. The highest BCUT2D eigenvalue weighted by molar-refractivity contribution is 7.99. The van der Waals surface area contributed by atoms with Crippen molar-refractivity contribution in [3.8, 4) is 23.7 Å². The van der Waals surface area contributed by atoms with Crippen molar-refractivity contribution < 1.29 is 53.0 Å². The van der Waals surface area contributed by atoms with E-state index >= 15 is 0 Å². The molecule has 0 spiro atoms. The monoisotopic (exact) mass is 742 g/mol. The average molecular weight is 743 g/mol. The molecule has 3 aliphatic rings. The first-order chi connectivity index (χ1) is 24.2. The lowest BCUT2D eigenvalue weighted by molar-refractivity contribution is -0.255. The molecule has 9 atom stereocenters. The maximum Gasteiger partial charge on any atom is 0.339 e. The smallest absolute Gasteiger partial charge is 0.339 e. The highest BCUT2D eigenvalue weighted by Gasteiger charge is 2.56. The molecular weight excluding hydrogens is 693 g/mol. The normalized spacial score (nSPS) is 30.5. The summed E-state index contributed by atoms with van der Waals surface area (Å²) in [5, 5.41) is 29.1. The minimum atomic E-state index is -2.48. The molecule has 11 nitrogen and oxygen atoms in total. The number of methoxy groups -OCH3 is 1. The molecule has 4 rings (SSSR count). The SMILES string of the molecule is C=C[C@@H]1C#CC2=C[C@@H](OC(=O)CSCCO[C@H]3C[C@@H](O)[C@@H](O)[C@@H](CO)O3)[C@H](O[Si](C)(C)C(C)(C)C)[C@]2(OC)CC#C[C@@H]1OC(=O)c1ccccc1. The van der Waals surface area contributed by atoms with Gasteiger partial charge in [-0.3, -0.25) is 4.79 Å². The van der Waals surface area contributed by atoms with Gasteiger partial charge in [0.2, 0.25) is 0 Å².